The molecule has 67 valence electrons. The van der Waals surface area contributed by atoms with Crippen LogP contribution in [0.2, 0.25) is 0 Å². The van der Waals surface area contributed by atoms with Crippen molar-refractivity contribution in [2.45, 2.75) is 26.7 Å². The molecule has 0 saturated carbocycles. The molecule has 0 nitrogen and oxygen atoms in total. The van der Waals surface area contributed by atoms with Crippen molar-refractivity contribution in [1.82, 2.24) is 0 Å². The summed E-state index contributed by atoms with van der Waals surface area (Å²) >= 11 is 2.23. The Morgan fingerprint density at radius 2 is 2.00 bits per heavy atom. The van der Waals surface area contributed by atoms with Crippen molar-refractivity contribution in [3.05, 3.63) is 21.6 Å². The van der Waals surface area contributed by atoms with E-state index in [0.29, 0.717) is 0 Å². The molecule has 1 aliphatic carbocycles. The summed E-state index contributed by atoms with van der Waals surface area (Å²) in [6.45, 7) is 4.54. The summed E-state index contributed by atoms with van der Waals surface area (Å²) in [5.74, 6) is 0.799. The Kier molecular flexibility index (Phi) is 9.82. The van der Waals surface area contributed by atoms with E-state index in [9.17, 15) is 0 Å². The van der Waals surface area contributed by atoms with Gasteiger partial charge in [-0.15, -0.1) is 0 Å². The van der Waals surface area contributed by atoms with Crippen molar-refractivity contribution in [3.63, 3.8) is 0 Å². The van der Waals surface area contributed by atoms with Gasteiger partial charge >= 0.3 is 74.6 Å². The van der Waals surface area contributed by atoms with Crippen molar-refractivity contribution in [2.24, 2.45) is 5.92 Å². The fraction of sp³-hybridized carbons (Fsp3) is 0.556. The van der Waals surface area contributed by atoms with Gasteiger partial charge in [0, 0.05) is 0 Å². The maximum absolute atomic E-state index is 2.27. The summed E-state index contributed by atoms with van der Waals surface area (Å²) in [6, 6.07) is 0. The molecule has 1 rings (SSSR count). The van der Waals surface area contributed by atoms with Crippen LogP contribution in [0, 0.1) is 5.92 Å². The average Bonchev–Trinajstić information content (AvgIpc) is 2.15. The van der Waals surface area contributed by atoms with Crippen LogP contribution in [-0.2, 0) is 20.4 Å². The Bertz CT molecular complexity index is 183. The van der Waals surface area contributed by atoms with Gasteiger partial charge in [0.2, 0.25) is 0 Å². The fourth-order valence-corrected chi connectivity index (χ4v) is 1.66. The molecule has 0 aromatic rings. The molecule has 1 aliphatic rings. The maximum atomic E-state index is 2.27. The third kappa shape index (κ3) is 5.01. The van der Waals surface area contributed by atoms with Crippen LogP contribution in [0.3, 0.4) is 0 Å². The molecule has 0 amide bonds. The molecular weight excluding hydrogens is 316 g/mol. The van der Waals surface area contributed by atoms with E-state index in [2.05, 4.69) is 46.4 Å². The first-order chi connectivity index (χ1) is 4.70. The van der Waals surface area contributed by atoms with Crippen LogP contribution in [0.5, 0.6) is 0 Å². The normalized spacial score (nSPS) is 14.8. The SMILES string of the molecule is CC(C)CC1=[C]([Ti+2])CC=C1.[Br-].[Br-]. The number of allylic oxidation sites excluding steroid dienone is 4. The second-order valence-corrected chi connectivity index (χ2v) is 4.15. The molecule has 12 heavy (non-hydrogen) atoms. The molecule has 0 spiro atoms. The summed E-state index contributed by atoms with van der Waals surface area (Å²) in [5.41, 5.74) is 1.56. The smallest absolute Gasteiger partial charge is 1.00 e. The van der Waals surface area contributed by atoms with Crippen molar-refractivity contribution in [3.8, 4) is 0 Å². The van der Waals surface area contributed by atoms with Gasteiger partial charge in [0.25, 0.3) is 0 Å². The zero-order chi connectivity index (χ0) is 7.56. The van der Waals surface area contributed by atoms with Crippen molar-refractivity contribution in [2.75, 3.05) is 0 Å². The monoisotopic (exact) mass is 327 g/mol. The van der Waals surface area contributed by atoms with E-state index in [1.807, 2.05) is 0 Å². The summed E-state index contributed by atoms with van der Waals surface area (Å²) < 4.78 is 1.56. The van der Waals surface area contributed by atoms with Crippen LogP contribution in [0.25, 0.3) is 0 Å². The van der Waals surface area contributed by atoms with E-state index < -0.39 is 0 Å². The molecule has 0 saturated heterocycles. The number of rotatable bonds is 2. The van der Waals surface area contributed by atoms with E-state index in [1.165, 1.54) is 12.8 Å². The minimum Gasteiger partial charge on any atom is -1.00 e. The van der Waals surface area contributed by atoms with Gasteiger partial charge in [0.05, 0.1) is 0 Å². The summed E-state index contributed by atoms with van der Waals surface area (Å²) in [5, 5.41) is 0. The second kappa shape index (κ2) is 7.55. The molecule has 0 heterocycles. The van der Waals surface area contributed by atoms with Crippen LogP contribution in [0.4, 0.5) is 0 Å². The van der Waals surface area contributed by atoms with Crippen LogP contribution in [0.15, 0.2) is 21.6 Å². The Labute approximate surface area is 108 Å². The summed E-state index contributed by atoms with van der Waals surface area (Å²) in [7, 11) is 0. The molecule has 0 unspecified atom stereocenters. The van der Waals surface area contributed by atoms with Crippen molar-refractivity contribution < 1.29 is 54.4 Å². The van der Waals surface area contributed by atoms with Crippen molar-refractivity contribution >= 4 is 0 Å². The Morgan fingerprint density at radius 3 is 2.33 bits per heavy atom. The standard InChI is InChI=1S/C9H13.2BrH.Ti/c1-8(2)7-9-5-3-4-6-9;;;/h3,5,8H,4,7H2,1-2H3;2*1H;/q;;;+2/p-2. The molecule has 3 heteroatoms. The predicted octanol–water partition coefficient (Wildman–Crippen LogP) is -3.20. The first-order valence-corrected chi connectivity index (χ1v) is 4.58. The maximum Gasteiger partial charge on any atom is -1.00 e. The van der Waals surface area contributed by atoms with E-state index in [4.69, 9.17) is 0 Å². The summed E-state index contributed by atoms with van der Waals surface area (Å²) in [4.78, 5) is 0. The quantitative estimate of drug-likeness (QED) is 0.469. The van der Waals surface area contributed by atoms with Gasteiger partial charge in [-0.1, -0.05) is 0 Å². The first-order valence-electron chi connectivity index (χ1n) is 3.80. The number of hydrogen-bond acceptors (Lipinski definition) is 0. The largest absolute Gasteiger partial charge is 1.00 e. The Morgan fingerprint density at radius 1 is 1.42 bits per heavy atom. The van der Waals surface area contributed by atoms with Crippen LogP contribution < -0.4 is 34.0 Å². The van der Waals surface area contributed by atoms with Crippen LogP contribution in [0.1, 0.15) is 26.7 Å². The molecule has 0 radical (unpaired) electrons. The topological polar surface area (TPSA) is 0 Å². The fourth-order valence-electron chi connectivity index (χ4n) is 1.18. The summed E-state index contributed by atoms with van der Waals surface area (Å²) in [6.07, 6.45) is 6.97. The predicted molar refractivity (Wildman–Crippen MR) is 40.2 cm³/mol. The molecule has 0 N–H and O–H groups in total. The Hall–Kier alpha value is 1.15. The number of halogens is 2. The third-order valence-corrected chi connectivity index (χ3v) is 2.48. The number of hydrogen-bond donors (Lipinski definition) is 0. The van der Waals surface area contributed by atoms with Gasteiger partial charge in [-0.25, -0.2) is 0 Å². The van der Waals surface area contributed by atoms with E-state index in [-0.39, 0.29) is 34.0 Å². The van der Waals surface area contributed by atoms with Gasteiger partial charge < -0.3 is 34.0 Å². The molecule has 0 atom stereocenters. The zero-order valence-corrected chi connectivity index (χ0v) is 12.1. The van der Waals surface area contributed by atoms with Gasteiger partial charge in [-0.2, -0.15) is 0 Å². The molecule has 0 fully saturated rings. The molecule has 0 aromatic carbocycles. The molecule has 0 aliphatic heterocycles. The molecule has 0 bridgehead atoms. The minimum absolute atomic E-state index is 0. The van der Waals surface area contributed by atoms with Crippen molar-refractivity contribution in [1.29, 1.82) is 0 Å². The van der Waals surface area contributed by atoms with E-state index in [1.54, 1.807) is 9.45 Å². The van der Waals surface area contributed by atoms with Gasteiger partial charge in [-0.3, -0.25) is 0 Å². The van der Waals surface area contributed by atoms with Crippen LogP contribution >= 0.6 is 0 Å². The molecular formula is C9H13Br2Ti. The third-order valence-electron chi connectivity index (χ3n) is 1.66. The zero-order valence-electron chi connectivity index (χ0n) is 7.40. The van der Waals surface area contributed by atoms with Crippen LogP contribution in [-0.4, -0.2) is 0 Å². The Balaban J connectivity index is 0. The van der Waals surface area contributed by atoms with E-state index in [0.717, 1.165) is 5.92 Å². The van der Waals surface area contributed by atoms with Gasteiger partial charge in [-0.05, 0) is 0 Å². The minimum atomic E-state index is 0. The van der Waals surface area contributed by atoms with E-state index >= 15 is 0 Å². The first kappa shape index (κ1) is 15.6. The van der Waals surface area contributed by atoms with Gasteiger partial charge in [0.15, 0.2) is 0 Å². The second-order valence-electron chi connectivity index (χ2n) is 3.21. The molecule has 0 aromatic heterocycles. The van der Waals surface area contributed by atoms with Gasteiger partial charge in [0.1, 0.15) is 0 Å². The average molecular weight is 329 g/mol.